The molecule has 0 saturated carbocycles. The summed E-state index contributed by atoms with van der Waals surface area (Å²) < 4.78 is 16.2. The maximum absolute atomic E-state index is 12.3. The van der Waals surface area contributed by atoms with Gasteiger partial charge in [0.15, 0.2) is 18.1 Å². The van der Waals surface area contributed by atoms with Crippen LogP contribution in [-0.4, -0.2) is 35.3 Å². The van der Waals surface area contributed by atoms with E-state index >= 15 is 0 Å². The van der Waals surface area contributed by atoms with Crippen LogP contribution < -0.4 is 15.0 Å². The third-order valence-electron chi connectivity index (χ3n) is 3.84. The molecular formula is C21H22N2O5. The van der Waals surface area contributed by atoms with Crippen molar-refractivity contribution in [1.82, 2.24) is 9.97 Å². The van der Waals surface area contributed by atoms with Crippen LogP contribution in [0.2, 0.25) is 0 Å². The molecule has 0 saturated heterocycles. The average Bonchev–Trinajstić information content (AvgIpc) is 2.66. The molecule has 7 nitrogen and oxygen atoms in total. The maximum Gasteiger partial charge on any atom is 0.344 e. The highest BCUT2D eigenvalue weighted by atomic mass is 16.6. The van der Waals surface area contributed by atoms with Gasteiger partial charge in [-0.2, -0.15) is 0 Å². The summed E-state index contributed by atoms with van der Waals surface area (Å²) in [4.78, 5) is 31.3. The number of aromatic amines is 1. The Morgan fingerprint density at radius 2 is 1.89 bits per heavy atom. The van der Waals surface area contributed by atoms with E-state index in [1.165, 1.54) is 0 Å². The Bertz CT molecular complexity index is 1040. The maximum atomic E-state index is 12.3. The number of esters is 1. The SMILES string of the molecule is CCOc1cc(-c2nc3ccccc3c(=O)[nH]2)ccc1OCC(=O)OC(C)C. The zero-order valence-electron chi connectivity index (χ0n) is 16.0. The highest BCUT2D eigenvalue weighted by molar-refractivity contribution is 5.79. The minimum absolute atomic E-state index is 0.208. The van der Waals surface area contributed by atoms with Crippen LogP contribution in [0.25, 0.3) is 22.3 Å². The molecule has 7 heteroatoms. The molecule has 2 aromatic carbocycles. The molecule has 3 rings (SSSR count). The highest BCUT2D eigenvalue weighted by Gasteiger charge is 2.13. The van der Waals surface area contributed by atoms with Crippen LogP contribution in [-0.2, 0) is 9.53 Å². The Labute approximate surface area is 162 Å². The van der Waals surface area contributed by atoms with Gasteiger partial charge in [0.25, 0.3) is 5.56 Å². The van der Waals surface area contributed by atoms with E-state index in [1.807, 2.05) is 13.0 Å². The molecule has 3 aromatic rings. The number of ether oxygens (including phenoxy) is 3. The number of carbonyl (C=O) groups is 1. The second kappa shape index (κ2) is 8.56. The number of hydrogen-bond donors (Lipinski definition) is 1. The second-order valence-electron chi connectivity index (χ2n) is 6.35. The van der Waals surface area contributed by atoms with Gasteiger partial charge in [-0.25, -0.2) is 9.78 Å². The summed E-state index contributed by atoms with van der Waals surface area (Å²) in [6.07, 6.45) is -0.208. The van der Waals surface area contributed by atoms with Crippen LogP contribution in [0.4, 0.5) is 0 Å². The number of hydrogen-bond acceptors (Lipinski definition) is 6. The number of fused-ring (bicyclic) bond motifs is 1. The zero-order chi connectivity index (χ0) is 20.1. The van der Waals surface area contributed by atoms with Crippen molar-refractivity contribution in [3.63, 3.8) is 0 Å². The standard InChI is InChI=1S/C21H22N2O5/c1-4-26-18-11-14(9-10-17(18)27-12-19(24)28-13(2)3)20-22-16-8-6-5-7-15(16)21(25)23-20/h5-11,13H,4,12H2,1-3H3,(H,22,23,25). The molecule has 0 aliphatic heterocycles. The van der Waals surface area contributed by atoms with Gasteiger partial charge in [-0.15, -0.1) is 0 Å². The lowest BCUT2D eigenvalue weighted by Crippen LogP contribution is -2.19. The number of nitrogens with zero attached hydrogens (tertiary/aromatic N) is 1. The second-order valence-corrected chi connectivity index (χ2v) is 6.35. The summed E-state index contributed by atoms with van der Waals surface area (Å²) in [6, 6.07) is 12.3. The number of H-pyrrole nitrogens is 1. The van der Waals surface area contributed by atoms with Crippen molar-refractivity contribution in [2.45, 2.75) is 26.9 Å². The predicted octanol–water partition coefficient (Wildman–Crippen LogP) is 3.32. The van der Waals surface area contributed by atoms with Crippen LogP contribution in [0, 0.1) is 0 Å². The van der Waals surface area contributed by atoms with Gasteiger partial charge in [0.05, 0.1) is 23.6 Å². The van der Waals surface area contributed by atoms with Crippen molar-refractivity contribution in [1.29, 1.82) is 0 Å². The fourth-order valence-corrected chi connectivity index (χ4v) is 2.70. The van der Waals surface area contributed by atoms with E-state index in [1.54, 1.807) is 50.2 Å². The molecule has 0 aliphatic carbocycles. The van der Waals surface area contributed by atoms with Gasteiger partial charge in [-0.3, -0.25) is 4.79 Å². The van der Waals surface area contributed by atoms with E-state index in [4.69, 9.17) is 14.2 Å². The Hall–Kier alpha value is -3.35. The third kappa shape index (κ3) is 4.49. The Morgan fingerprint density at radius 3 is 2.64 bits per heavy atom. The van der Waals surface area contributed by atoms with Gasteiger partial charge < -0.3 is 19.2 Å². The predicted molar refractivity (Wildman–Crippen MR) is 106 cm³/mol. The van der Waals surface area contributed by atoms with E-state index in [0.29, 0.717) is 40.4 Å². The molecule has 0 radical (unpaired) electrons. The van der Waals surface area contributed by atoms with Crippen LogP contribution in [0.3, 0.4) is 0 Å². The molecule has 0 unspecified atom stereocenters. The summed E-state index contributed by atoms with van der Waals surface area (Å²) in [6.45, 7) is 5.59. The van der Waals surface area contributed by atoms with Crippen LogP contribution in [0.15, 0.2) is 47.3 Å². The number of benzene rings is 2. The van der Waals surface area contributed by atoms with E-state index in [-0.39, 0.29) is 18.3 Å². The lowest BCUT2D eigenvalue weighted by molar-refractivity contribution is -0.149. The Balaban J connectivity index is 1.90. The normalized spacial score (nSPS) is 10.9. The minimum Gasteiger partial charge on any atom is -0.490 e. The summed E-state index contributed by atoms with van der Waals surface area (Å²) in [5.74, 6) is 0.833. The van der Waals surface area contributed by atoms with E-state index in [2.05, 4.69) is 9.97 Å². The van der Waals surface area contributed by atoms with E-state index < -0.39 is 5.97 Å². The topological polar surface area (TPSA) is 90.5 Å². The average molecular weight is 382 g/mol. The number of carbonyl (C=O) groups excluding carboxylic acids is 1. The molecular weight excluding hydrogens is 360 g/mol. The first-order valence-corrected chi connectivity index (χ1v) is 9.06. The number of nitrogens with one attached hydrogen (secondary N) is 1. The summed E-state index contributed by atoms with van der Waals surface area (Å²) in [7, 11) is 0. The fraction of sp³-hybridized carbons (Fsp3) is 0.286. The number of rotatable bonds is 7. The first-order chi connectivity index (χ1) is 13.5. The zero-order valence-corrected chi connectivity index (χ0v) is 16.0. The number of para-hydroxylation sites is 1. The van der Waals surface area contributed by atoms with Gasteiger partial charge in [0, 0.05) is 5.56 Å². The smallest absolute Gasteiger partial charge is 0.344 e. The highest BCUT2D eigenvalue weighted by Crippen LogP contribution is 2.32. The molecule has 28 heavy (non-hydrogen) atoms. The van der Waals surface area contributed by atoms with Crippen molar-refractivity contribution in [3.05, 3.63) is 52.8 Å². The first kappa shape index (κ1) is 19.4. The molecule has 1 aromatic heterocycles. The van der Waals surface area contributed by atoms with Gasteiger partial charge in [0.1, 0.15) is 5.82 Å². The lowest BCUT2D eigenvalue weighted by Gasteiger charge is -2.14. The fourth-order valence-electron chi connectivity index (χ4n) is 2.70. The van der Waals surface area contributed by atoms with Crippen molar-refractivity contribution < 1.29 is 19.0 Å². The molecule has 0 aliphatic rings. The molecule has 0 bridgehead atoms. The van der Waals surface area contributed by atoms with Crippen molar-refractivity contribution >= 4 is 16.9 Å². The lowest BCUT2D eigenvalue weighted by atomic mass is 10.1. The molecule has 1 heterocycles. The van der Waals surface area contributed by atoms with Crippen LogP contribution in [0.1, 0.15) is 20.8 Å². The summed E-state index contributed by atoms with van der Waals surface area (Å²) >= 11 is 0. The minimum atomic E-state index is -0.456. The van der Waals surface area contributed by atoms with Crippen LogP contribution in [0.5, 0.6) is 11.5 Å². The molecule has 0 fully saturated rings. The molecule has 1 N–H and O–H groups in total. The largest absolute Gasteiger partial charge is 0.490 e. The van der Waals surface area contributed by atoms with Crippen molar-refractivity contribution in [2.24, 2.45) is 0 Å². The molecule has 0 spiro atoms. The van der Waals surface area contributed by atoms with Gasteiger partial charge in [0.2, 0.25) is 0 Å². The van der Waals surface area contributed by atoms with E-state index in [0.717, 1.165) is 0 Å². The number of aromatic nitrogens is 2. The summed E-state index contributed by atoms with van der Waals surface area (Å²) in [5.41, 5.74) is 1.06. The third-order valence-corrected chi connectivity index (χ3v) is 3.84. The summed E-state index contributed by atoms with van der Waals surface area (Å²) in [5, 5.41) is 0.528. The van der Waals surface area contributed by atoms with Gasteiger partial charge in [-0.05, 0) is 51.1 Å². The Morgan fingerprint density at radius 1 is 1.11 bits per heavy atom. The van der Waals surface area contributed by atoms with Crippen LogP contribution >= 0.6 is 0 Å². The quantitative estimate of drug-likeness (QED) is 0.631. The first-order valence-electron chi connectivity index (χ1n) is 9.06. The monoisotopic (exact) mass is 382 g/mol. The van der Waals surface area contributed by atoms with Crippen molar-refractivity contribution in [3.8, 4) is 22.9 Å². The van der Waals surface area contributed by atoms with E-state index in [9.17, 15) is 9.59 Å². The molecule has 0 amide bonds. The molecule has 146 valence electrons. The van der Waals surface area contributed by atoms with Gasteiger partial charge >= 0.3 is 5.97 Å². The van der Waals surface area contributed by atoms with Crippen molar-refractivity contribution in [2.75, 3.05) is 13.2 Å². The molecule has 0 atom stereocenters. The Kier molecular flexibility index (Phi) is 5.93. The van der Waals surface area contributed by atoms with Gasteiger partial charge in [-0.1, -0.05) is 12.1 Å².